The van der Waals surface area contributed by atoms with Crippen molar-refractivity contribution in [3.63, 3.8) is 0 Å². The minimum atomic E-state index is -0.979. The topological polar surface area (TPSA) is 91.2 Å². The molecular formula is C18H17N3O3. The van der Waals surface area contributed by atoms with E-state index >= 15 is 0 Å². The lowest BCUT2D eigenvalue weighted by Gasteiger charge is -2.15. The molecule has 122 valence electrons. The van der Waals surface area contributed by atoms with Gasteiger partial charge in [0, 0.05) is 18.4 Å². The van der Waals surface area contributed by atoms with Crippen LogP contribution in [-0.2, 0) is 9.53 Å². The second-order valence-electron chi connectivity index (χ2n) is 5.02. The highest BCUT2D eigenvalue weighted by atomic mass is 16.5. The number of hydrogen-bond donors (Lipinski definition) is 2. The number of para-hydroxylation sites is 1. The first-order valence-electron chi connectivity index (χ1n) is 7.34. The molecule has 6 nitrogen and oxygen atoms in total. The zero-order valence-electron chi connectivity index (χ0n) is 13.4. The normalized spacial score (nSPS) is 11.0. The van der Waals surface area contributed by atoms with Gasteiger partial charge >= 0.3 is 5.97 Å². The van der Waals surface area contributed by atoms with Crippen LogP contribution in [0.5, 0.6) is 0 Å². The number of hydrogen-bond acceptors (Lipinski definition) is 5. The van der Waals surface area contributed by atoms with Crippen molar-refractivity contribution < 1.29 is 14.3 Å². The molecule has 0 fully saturated rings. The van der Waals surface area contributed by atoms with E-state index in [-0.39, 0.29) is 0 Å². The zero-order chi connectivity index (χ0) is 17.5. The predicted octanol–water partition coefficient (Wildman–Crippen LogP) is 2.78. The van der Waals surface area contributed by atoms with E-state index in [4.69, 9.17) is 10.00 Å². The molecule has 0 heterocycles. The van der Waals surface area contributed by atoms with E-state index in [9.17, 15) is 9.59 Å². The van der Waals surface area contributed by atoms with Crippen LogP contribution in [0.25, 0.3) is 0 Å². The maximum absolute atomic E-state index is 12.2. The Morgan fingerprint density at radius 3 is 2.62 bits per heavy atom. The molecule has 1 atom stereocenters. The molecule has 2 aromatic rings. The van der Waals surface area contributed by atoms with Gasteiger partial charge in [-0.3, -0.25) is 4.79 Å². The number of carbonyl (C=O) groups excluding carboxylic acids is 2. The number of anilines is 2. The number of carbonyl (C=O) groups is 2. The van der Waals surface area contributed by atoms with Gasteiger partial charge in [0.1, 0.15) is 0 Å². The fourth-order valence-electron chi connectivity index (χ4n) is 2.07. The average Bonchev–Trinajstić information content (AvgIpc) is 2.61. The summed E-state index contributed by atoms with van der Waals surface area (Å²) in [6.45, 7) is 1.49. The monoisotopic (exact) mass is 323 g/mol. The van der Waals surface area contributed by atoms with Gasteiger partial charge in [-0.05, 0) is 37.3 Å². The Morgan fingerprint density at radius 2 is 1.92 bits per heavy atom. The number of nitrogens with zero attached hydrogens (tertiary/aromatic N) is 1. The predicted molar refractivity (Wildman–Crippen MR) is 90.7 cm³/mol. The van der Waals surface area contributed by atoms with Crippen molar-refractivity contribution in [1.82, 2.24) is 0 Å². The number of esters is 1. The average molecular weight is 323 g/mol. The standard InChI is InChI=1S/C18H17N3O3/c1-12(17(22)21-14-7-5-6-13(10-14)11-19)24-18(23)15-8-3-4-9-16(15)20-2/h3-10,12,20H,1-2H3,(H,21,22)/t12-/m1/s1. The molecule has 2 N–H and O–H groups in total. The van der Waals surface area contributed by atoms with Crippen LogP contribution in [-0.4, -0.2) is 25.0 Å². The summed E-state index contributed by atoms with van der Waals surface area (Å²) in [5.74, 6) is -1.06. The lowest BCUT2D eigenvalue weighted by molar-refractivity contribution is -0.123. The fourth-order valence-corrected chi connectivity index (χ4v) is 2.07. The fraction of sp³-hybridized carbons (Fsp3) is 0.167. The van der Waals surface area contributed by atoms with E-state index in [1.54, 1.807) is 55.6 Å². The summed E-state index contributed by atoms with van der Waals surface area (Å²) in [5.41, 5.74) is 1.88. The lowest BCUT2D eigenvalue weighted by atomic mass is 10.2. The lowest BCUT2D eigenvalue weighted by Crippen LogP contribution is -2.30. The largest absolute Gasteiger partial charge is 0.449 e. The molecule has 0 aliphatic heterocycles. The highest BCUT2D eigenvalue weighted by Gasteiger charge is 2.20. The molecule has 0 aromatic heterocycles. The SMILES string of the molecule is CNc1ccccc1C(=O)O[C@H](C)C(=O)Nc1cccc(C#N)c1. The molecule has 0 radical (unpaired) electrons. The molecule has 6 heteroatoms. The molecule has 0 saturated carbocycles. The molecule has 0 aliphatic carbocycles. The van der Waals surface area contributed by atoms with Gasteiger partial charge in [0.15, 0.2) is 6.10 Å². The van der Waals surface area contributed by atoms with Gasteiger partial charge in [-0.1, -0.05) is 18.2 Å². The van der Waals surface area contributed by atoms with Crippen LogP contribution in [0.3, 0.4) is 0 Å². The van der Waals surface area contributed by atoms with Crippen LogP contribution in [0.15, 0.2) is 48.5 Å². The molecule has 24 heavy (non-hydrogen) atoms. The van der Waals surface area contributed by atoms with Gasteiger partial charge in [0.2, 0.25) is 0 Å². The third-order valence-electron chi connectivity index (χ3n) is 3.33. The molecule has 0 aliphatic rings. The summed E-state index contributed by atoms with van der Waals surface area (Å²) in [7, 11) is 1.70. The van der Waals surface area contributed by atoms with Gasteiger partial charge in [0.05, 0.1) is 17.2 Å². The summed E-state index contributed by atoms with van der Waals surface area (Å²) in [5, 5.41) is 14.4. The van der Waals surface area contributed by atoms with Crippen molar-refractivity contribution in [3.8, 4) is 6.07 Å². The highest BCUT2D eigenvalue weighted by molar-refractivity contribution is 5.99. The van der Waals surface area contributed by atoms with E-state index in [1.165, 1.54) is 6.92 Å². The Balaban J connectivity index is 2.03. The number of nitriles is 1. The van der Waals surface area contributed by atoms with E-state index < -0.39 is 18.0 Å². The molecular weight excluding hydrogens is 306 g/mol. The molecule has 0 unspecified atom stereocenters. The van der Waals surface area contributed by atoms with Gasteiger partial charge in [-0.15, -0.1) is 0 Å². The first kappa shape index (κ1) is 17.0. The summed E-state index contributed by atoms with van der Waals surface area (Å²) in [6, 6.07) is 15.4. The van der Waals surface area contributed by atoms with Crippen LogP contribution in [0, 0.1) is 11.3 Å². The van der Waals surface area contributed by atoms with E-state index in [0.29, 0.717) is 22.5 Å². The first-order chi connectivity index (χ1) is 11.5. The molecule has 2 aromatic carbocycles. The number of amides is 1. The van der Waals surface area contributed by atoms with E-state index in [0.717, 1.165) is 0 Å². The van der Waals surface area contributed by atoms with Gasteiger partial charge in [-0.25, -0.2) is 4.79 Å². The van der Waals surface area contributed by atoms with Crippen LogP contribution in [0.4, 0.5) is 11.4 Å². The van der Waals surface area contributed by atoms with Crippen molar-refractivity contribution in [2.24, 2.45) is 0 Å². The quantitative estimate of drug-likeness (QED) is 0.826. The Morgan fingerprint density at radius 1 is 1.17 bits per heavy atom. The number of ether oxygens (including phenoxy) is 1. The van der Waals surface area contributed by atoms with Crippen molar-refractivity contribution in [2.75, 3.05) is 17.7 Å². The molecule has 2 rings (SSSR count). The molecule has 1 amide bonds. The Hall–Kier alpha value is -3.33. The number of rotatable bonds is 5. The second kappa shape index (κ2) is 7.79. The van der Waals surface area contributed by atoms with Crippen LogP contribution in [0.2, 0.25) is 0 Å². The third-order valence-corrected chi connectivity index (χ3v) is 3.33. The smallest absolute Gasteiger partial charge is 0.341 e. The highest BCUT2D eigenvalue weighted by Crippen LogP contribution is 2.17. The van der Waals surface area contributed by atoms with Crippen LogP contribution in [0.1, 0.15) is 22.8 Å². The van der Waals surface area contributed by atoms with E-state index in [2.05, 4.69) is 10.6 Å². The Bertz CT molecular complexity index is 796. The maximum Gasteiger partial charge on any atom is 0.341 e. The second-order valence-corrected chi connectivity index (χ2v) is 5.02. The Kier molecular flexibility index (Phi) is 5.53. The Labute approximate surface area is 140 Å². The van der Waals surface area contributed by atoms with Crippen LogP contribution < -0.4 is 10.6 Å². The minimum Gasteiger partial charge on any atom is -0.449 e. The van der Waals surface area contributed by atoms with Crippen LogP contribution >= 0.6 is 0 Å². The summed E-state index contributed by atoms with van der Waals surface area (Å²) >= 11 is 0. The maximum atomic E-state index is 12.2. The summed E-state index contributed by atoms with van der Waals surface area (Å²) in [6.07, 6.45) is -0.979. The molecule has 0 bridgehead atoms. The molecule has 0 saturated heterocycles. The zero-order valence-corrected chi connectivity index (χ0v) is 13.4. The minimum absolute atomic E-state index is 0.353. The summed E-state index contributed by atoms with van der Waals surface area (Å²) < 4.78 is 5.21. The molecule has 0 spiro atoms. The van der Waals surface area contributed by atoms with Gasteiger partial charge in [-0.2, -0.15) is 5.26 Å². The van der Waals surface area contributed by atoms with Crippen molar-refractivity contribution in [3.05, 3.63) is 59.7 Å². The third kappa shape index (κ3) is 4.11. The van der Waals surface area contributed by atoms with Crippen molar-refractivity contribution in [2.45, 2.75) is 13.0 Å². The van der Waals surface area contributed by atoms with E-state index in [1.807, 2.05) is 6.07 Å². The number of benzene rings is 2. The first-order valence-corrected chi connectivity index (χ1v) is 7.34. The van der Waals surface area contributed by atoms with Gasteiger partial charge in [0.25, 0.3) is 5.91 Å². The van der Waals surface area contributed by atoms with Gasteiger partial charge < -0.3 is 15.4 Å². The van der Waals surface area contributed by atoms with Crippen molar-refractivity contribution >= 4 is 23.3 Å². The number of nitrogens with one attached hydrogen (secondary N) is 2. The van der Waals surface area contributed by atoms with Crippen molar-refractivity contribution in [1.29, 1.82) is 5.26 Å². The summed E-state index contributed by atoms with van der Waals surface area (Å²) in [4.78, 5) is 24.4.